The number of hydrogen-bond acceptors (Lipinski definition) is 2. The largest absolute Gasteiger partial charge is 0.481 e. The minimum atomic E-state index is -0.737. The van der Waals surface area contributed by atoms with Crippen molar-refractivity contribution in [2.24, 2.45) is 17.8 Å². The number of carboxylic acids is 1. The van der Waals surface area contributed by atoms with Gasteiger partial charge in [-0.2, -0.15) is 0 Å². The Morgan fingerprint density at radius 3 is 2.42 bits per heavy atom. The lowest BCUT2D eigenvalue weighted by molar-refractivity contribution is -0.146. The van der Waals surface area contributed by atoms with Gasteiger partial charge in [0, 0.05) is 18.5 Å². The molecule has 2 rings (SSSR count). The molecule has 0 spiro atoms. The van der Waals surface area contributed by atoms with Gasteiger partial charge in [-0.1, -0.05) is 20.3 Å². The van der Waals surface area contributed by atoms with E-state index in [0.717, 1.165) is 38.6 Å². The van der Waals surface area contributed by atoms with E-state index in [1.807, 2.05) is 4.90 Å². The number of nitrogens with zero attached hydrogens (tertiary/aromatic N) is 1. The Bertz CT molecular complexity index is 353. The quantitative estimate of drug-likeness (QED) is 0.854. The summed E-state index contributed by atoms with van der Waals surface area (Å²) in [6.07, 6.45) is 5.18. The van der Waals surface area contributed by atoms with E-state index >= 15 is 0 Å². The van der Waals surface area contributed by atoms with Gasteiger partial charge in [-0.25, -0.2) is 0 Å². The summed E-state index contributed by atoms with van der Waals surface area (Å²) in [4.78, 5) is 25.7. The highest BCUT2D eigenvalue weighted by molar-refractivity contribution is 5.81. The first-order valence-electron chi connectivity index (χ1n) is 7.54. The molecular formula is C15H25NO3. The molecule has 2 fully saturated rings. The highest BCUT2D eigenvalue weighted by atomic mass is 16.4. The average molecular weight is 267 g/mol. The number of carboxylic acid groups (broad SMARTS) is 1. The van der Waals surface area contributed by atoms with E-state index in [1.165, 1.54) is 0 Å². The Morgan fingerprint density at radius 2 is 1.79 bits per heavy atom. The fraction of sp³-hybridized carbons (Fsp3) is 0.867. The zero-order valence-corrected chi connectivity index (χ0v) is 12.0. The average Bonchev–Trinajstić information content (AvgIpc) is 2.87. The van der Waals surface area contributed by atoms with Crippen molar-refractivity contribution in [2.75, 3.05) is 6.54 Å². The van der Waals surface area contributed by atoms with E-state index in [4.69, 9.17) is 5.11 Å². The van der Waals surface area contributed by atoms with Gasteiger partial charge in [0.2, 0.25) is 5.91 Å². The summed E-state index contributed by atoms with van der Waals surface area (Å²) in [5, 5.41) is 9.12. The Morgan fingerprint density at radius 1 is 1.11 bits per heavy atom. The van der Waals surface area contributed by atoms with Crippen LogP contribution in [-0.2, 0) is 9.59 Å². The molecule has 1 N–H and O–H groups in total. The van der Waals surface area contributed by atoms with E-state index < -0.39 is 5.97 Å². The molecule has 1 heterocycles. The SMILES string of the molecule is CC(C)C1CCCN1C(=O)C1CCCC(C(=O)O)C1. The van der Waals surface area contributed by atoms with Gasteiger partial charge >= 0.3 is 5.97 Å². The monoisotopic (exact) mass is 267 g/mol. The van der Waals surface area contributed by atoms with Crippen LogP contribution in [0.4, 0.5) is 0 Å². The number of carbonyl (C=O) groups is 2. The van der Waals surface area contributed by atoms with Crippen molar-refractivity contribution in [3.8, 4) is 0 Å². The van der Waals surface area contributed by atoms with Crippen molar-refractivity contribution < 1.29 is 14.7 Å². The minimum Gasteiger partial charge on any atom is -0.481 e. The summed E-state index contributed by atoms with van der Waals surface area (Å²) in [6.45, 7) is 5.18. The zero-order valence-electron chi connectivity index (χ0n) is 12.0. The topological polar surface area (TPSA) is 57.6 Å². The van der Waals surface area contributed by atoms with E-state index in [9.17, 15) is 9.59 Å². The molecular weight excluding hydrogens is 242 g/mol. The molecule has 3 unspecified atom stereocenters. The van der Waals surface area contributed by atoms with Crippen molar-refractivity contribution in [3.63, 3.8) is 0 Å². The summed E-state index contributed by atoms with van der Waals surface area (Å²) < 4.78 is 0. The van der Waals surface area contributed by atoms with Gasteiger partial charge in [0.1, 0.15) is 0 Å². The van der Waals surface area contributed by atoms with E-state index in [-0.39, 0.29) is 17.7 Å². The Balaban J connectivity index is 2.00. The molecule has 4 heteroatoms. The normalized spacial score (nSPS) is 31.7. The third-order valence-corrected chi connectivity index (χ3v) is 4.72. The summed E-state index contributed by atoms with van der Waals surface area (Å²) >= 11 is 0. The Hall–Kier alpha value is -1.06. The number of likely N-dealkylation sites (tertiary alicyclic amines) is 1. The number of amides is 1. The maximum absolute atomic E-state index is 12.6. The molecule has 1 aliphatic heterocycles. The maximum Gasteiger partial charge on any atom is 0.306 e. The van der Waals surface area contributed by atoms with Crippen LogP contribution < -0.4 is 0 Å². The lowest BCUT2D eigenvalue weighted by Crippen LogP contribution is -2.43. The van der Waals surface area contributed by atoms with Crippen LogP contribution in [-0.4, -0.2) is 34.5 Å². The molecule has 108 valence electrons. The van der Waals surface area contributed by atoms with E-state index in [0.29, 0.717) is 18.4 Å². The summed E-state index contributed by atoms with van der Waals surface area (Å²) in [5.41, 5.74) is 0. The zero-order chi connectivity index (χ0) is 14.0. The van der Waals surface area contributed by atoms with Gasteiger partial charge in [0.05, 0.1) is 5.92 Å². The molecule has 1 aliphatic carbocycles. The molecule has 1 amide bonds. The van der Waals surface area contributed by atoms with E-state index in [2.05, 4.69) is 13.8 Å². The Kier molecular flexibility index (Phi) is 4.48. The van der Waals surface area contributed by atoms with Crippen molar-refractivity contribution >= 4 is 11.9 Å². The highest BCUT2D eigenvalue weighted by Gasteiger charge is 2.37. The van der Waals surface area contributed by atoms with Gasteiger partial charge in [0.25, 0.3) is 0 Å². The van der Waals surface area contributed by atoms with Crippen LogP contribution in [0, 0.1) is 17.8 Å². The number of rotatable bonds is 3. The molecule has 0 aromatic heterocycles. The number of hydrogen-bond donors (Lipinski definition) is 1. The Labute approximate surface area is 115 Å². The van der Waals surface area contributed by atoms with Crippen LogP contribution >= 0.6 is 0 Å². The smallest absolute Gasteiger partial charge is 0.306 e. The predicted molar refractivity (Wildman–Crippen MR) is 72.7 cm³/mol. The molecule has 1 saturated heterocycles. The second-order valence-corrected chi connectivity index (χ2v) is 6.38. The molecule has 19 heavy (non-hydrogen) atoms. The first-order chi connectivity index (χ1) is 9.00. The third kappa shape index (κ3) is 3.10. The molecule has 4 nitrogen and oxygen atoms in total. The van der Waals surface area contributed by atoms with Gasteiger partial charge in [-0.15, -0.1) is 0 Å². The highest BCUT2D eigenvalue weighted by Crippen LogP contribution is 2.33. The number of aliphatic carboxylic acids is 1. The summed E-state index contributed by atoms with van der Waals surface area (Å²) in [7, 11) is 0. The van der Waals surface area contributed by atoms with Crippen molar-refractivity contribution in [1.29, 1.82) is 0 Å². The number of carbonyl (C=O) groups excluding carboxylic acids is 1. The van der Waals surface area contributed by atoms with Crippen LogP contribution in [0.1, 0.15) is 52.4 Å². The molecule has 3 atom stereocenters. The van der Waals surface area contributed by atoms with Crippen molar-refractivity contribution in [3.05, 3.63) is 0 Å². The van der Waals surface area contributed by atoms with Crippen molar-refractivity contribution in [2.45, 2.75) is 58.4 Å². The summed E-state index contributed by atoms with van der Waals surface area (Å²) in [6, 6.07) is 0.359. The van der Waals surface area contributed by atoms with Gasteiger partial charge < -0.3 is 10.0 Å². The van der Waals surface area contributed by atoms with Crippen LogP contribution in [0.2, 0.25) is 0 Å². The summed E-state index contributed by atoms with van der Waals surface area (Å²) in [5.74, 6) is -0.413. The lowest BCUT2D eigenvalue weighted by Gasteiger charge is -2.34. The van der Waals surface area contributed by atoms with Gasteiger partial charge in [-0.05, 0) is 38.0 Å². The molecule has 2 aliphatic rings. The molecule has 1 saturated carbocycles. The van der Waals surface area contributed by atoms with Gasteiger partial charge in [-0.3, -0.25) is 9.59 Å². The standard InChI is InChI=1S/C15H25NO3/c1-10(2)13-7-4-8-16(13)14(17)11-5-3-6-12(9-11)15(18)19/h10-13H,3-9H2,1-2H3,(H,18,19). The molecule has 0 aromatic carbocycles. The third-order valence-electron chi connectivity index (χ3n) is 4.72. The van der Waals surface area contributed by atoms with Crippen LogP contribution in [0.5, 0.6) is 0 Å². The molecule has 0 radical (unpaired) electrons. The minimum absolute atomic E-state index is 0.0609. The predicted octanol–water partition coefficient (Wildman–Crippen LogP) is 2.52. The first kappa shape index (κ1) is 14.4. The van der Waals surface area contributed by atoms with Crippen LogP contribution in [0.15, 0.2) is 0 Å². The first-order valence-corrected chi connectivity index (χ1v) is 7.54. The second kappa shape index (κ2) is 5.93. The maximum atomic E-state index is 12.6. The molecule has 0 bridgehead atoms. The fourth-order valence-corrected chi connectivity index (χ4v) is 3.63. The molecule has 0 aromatic rings. The van der Waals surface area contributed by atoms with E-state index in [1.54, 1.807) is 0 Å². The fourth-order valence-electron chi connectivity index (χ4n) is 3.63. The van der Waals surface area contributed by atoms with Crippen LogP contribution in [0.25, 0.3) is 0 Å². The van der Waals surface area contributed by atoms with Crippen LogP contribution in [0.3, 0.4) is 0 Å². The lowest BCUT2D eigenvalue weighted by atomic mass is 9.80. The van der Waals surface area contributed by atoms with Gasteiger partial charge in [0.15, 0.2) is 0 Å². The second-order valence-electron chi connectivity index (χ2n) is 6.38. The van der Waals surface area contributed by atoms with Crippen molar-refractivity contribution in [1.82, 2.24) is 4.90 Å².